The van der Waals surface area contributed by atoms with Gasteiger partial charge in [-0.3, -0.25) is 9.59 Å². The summed E-state index contributed by atoms with van der Waals surface area (Å²) in [5.41, 5.74) is 1.12. The number of carbonyl (C=O) groups excluding carboxylic acids is 2. The average molecular weight is 302 g/mol. The predicted octanol–water partition coefficient (Wildman–Crippen LogP) is 2.53. The van der Waals surface area contributed by atoms with Crippen LogP contribution in [0.2, 0.25) is 0 Å². The second-order valence-corrected chi connectivity index (χ2v) is 6.27. The summed E-state index contributed by atoms with van der Waals surface area (Å²) in [5.74, 6) is -0.0284. The number of amides is 2. The topological polar surface area (TPSA) is 49.4 Å². The van der Waals surface area contributed by atoms with Crippen LogP contribution in [0.1, 0.15) is 25.3 Å². The molecule has 1 unspecified atom stereocenters. The van der Waals surface area contributed by atoms with Gasteiger partial charge in [-0.05, 0) is 28.8 Å². The third-order valence-electron chi connectivity index (χ3n) is 3.78. The zero-order valence-electron chi connectivity index (χ0n) is 12.0. The number of benzene rings is 1. The first-order chi connectivity index (χ1) is 10.2. The van der Waals surface area contributed by atoms with Crippen LogP contribution in [0.15, 0.2) is 29.6 Å². The molecule has 0 saturated carbocycles. The molecule has 1 aliphatic heterocycles. The number of nitrogens with zero attached hydrogens (tertiary/aromatic N) is 1. The number of carbonyl (C=O) groups is 2. The summed E-state index contributed by atoms with van der Waals surface area (Å²) in [6.07, 6.45) is 1.58. The van der Waals surface area contributed by atoms with Gasteiger partial charge in [-0.25, -0.2) is 0 Å². The number of fused-ring (bicyclic) bond motifs is 1. The minimum atomic E-state index is -0.360. The maximum atomic E-state index is 12.4. The Kier molecular flexibility index (Phi) is 3.92. The van der Waals surface area contributed by atoms with E-state index in [2.05, 4.69) is 22.8 Å². The van der Waals surface area contributed by atoms with Crippen molar-refractivity contribution in [2.24, 2.45) is 0 Å². The largest absolute Gasteiger partial charge is 0.343 e. The first-order valence-corrected chi connectivity index (χ1v) is 8.10. The van der Waals surface area contributed by atoms with Crippen LogP contribution in [0.25, 0.3) is 10.1 Å². The summed E-state index contributed by atoms with van der Waals surface area (Å²) in [7, 11) is 0. The van der Waals surface area contributed by atoms with Gasteiger partial charge in [0, 0.05) is 11.2 Å². The number of hydrogen-bond donors (Lipinski definition) is 1. The van der Waals surface area contributed by atoms with Crippen LogP contribution in [0.4, 0.5) is 0 Å². The van der Waals surface area contributed by atoms with Crippen molar-refractivity contribution >= 4 is 33.2 Å². The van der Waals surface area contributed by atoms with Crippen molar-refractivity contribution in [1.82, 2.24) is 10.2 Å². The second-order valence-electron chi connectivity index (χ2n) is 5.36. The van der Waals surface area contributed by atoms with Gasteiger partial charge in [0.05, 0.1) is 6.54 Å². The van der Waals surface area contributed by atoms with Crippen LogP contribution in [-0.2, 0) is 16.1 Å². The number of piperazine rings is 1. The molecule has 0 bridgehead atoms. The standard InChI is InChI=1S/C16H18N2O2S/c1-2-5-13-16(20)18(9-15(19)17-13)8-11-10-21-14-7-4-3-6-12(11)14/h3-4,6-7,10,13H,2,5,8-9H2,1H3,(H,17,19). The smallest absolute Gasteiger partial charge is 0.245 e. The van der Waals surface area contributed by atoms with Crippen LogP contribution < -0.4 is 5.32 Å². The molecule has 110 valence electrons. The summed E-state index contributed by atoms with van der Waals surface area (Å²) >= 11 is 1.68. The molecule has 1 aliphatic rings. The Labute approximate surface area is 127 Å². The summed E-state index contributed by atoms with van der Waals surface area (Å²) in [5, 5.41) is 6.04. The summed E-state index contributed by atoms with van der Waals surface area (Å²) in [6, 6.07) is 7.80. The molecule has 2 heterocycles. The van der Waals surface area contributed by atoms with E-state index in [1.807, 2.05) is 19.1 Å². The molecule has 21 heavy (non-hydrogen) atoms. The Morgan fingerprint density at radius 1 is 1.33 bits per heavy atom. The minimum Gasteiger partial charge on any atom is -0.343 e. The zero-order valence-corrected chi connectivity index (χ0v) is 12.8. The van der Waals surface area contributed by atoms with Crippen molar-refractivity contribution in [3.63, 3.8) is 0 Å². The fraction of sp³-hybridized carbons (Fsp3) is 0.375. The molecule has 1 N–H and O–H groups in total. The van der Waals surface area contributed by atoms with E-state index in [-0.39, 0.29) is 24.4 Å². The molecule has 2 aromatic rings. The van der Waals surface area contributed by atoms with Crippen molar-refractivity contribution in [3.05, 3.63) is 35.2 Å². The lowest BCUT2D eigenvalue weighted by atomic mass is 10.1. The molecule has 3 rings (SSSR count). The van der Waals surface area contributed by atoms with Gasteiger partial charge >= 0.3 is 0 Å². The van der Waals surface area contributed by atoms with Gasteiger partial charge in [0.25, 0.3) is 0 Å². The lowest BCUT2D eigenvalue weighted by Crippen LogP contribution is -2.57. The Morgan fingerprint density at radius 2 is 2.14 bits per heavy atom. The lowest BCUT2D eigenvalue weighted by Gasteiger charge is -2.32. The minimum absolute atomic E-state index is 0.0340. The Hall–Kier alpha value is -1.88. The molecule has 0 aliphatic carbocycles. The fourth-order valence-electron chi connectivity index (χ4n) is 2.75. The van der Waals surface area contributed by atoms with Crippen molar-refractivity contribution in [1.29, 1.82) is 0 Å². The second kappa shape index (κ2) is 5.85. The number of nitrogens with one attached hydrogen (secondary N) is 1. The Balaban J connectivity index is 1.82. The van der Waals surface area contributed by atoms with Gasteiger partial charge in [0.1, 0.15) is 6.04 Å². The van der Waals surface area contributed by atoms with Gasteiger partial charge in [-0.2, -0.15) is 0 Å². The molecule has 1 aromatic carbocycles. The van der Waals surface area contributed by atoms with E-state index in [1.165, 1.54) is 10.1 Å². The van der Waals surface area contributed by atoms with E-state index in [0.717, 1.165) is 12.0 Å². The highest BCUT2D eigenvalue weighted by Crippen LogP contribution is 2.27. The van der Waals surface area contributed by atoms with E-state index in [4.69, 9.17) is 0 Å². The highest BCUT2D eigenvalue weighted by atomic mass is 32.1. The highest BCUT2D eigenvalue weighted by Gasteiger charge is 2.32. The van der Waals surface area contributed by atoms with E-state index in [0.29, 0.717) is 13.0 Å². The van der Waals surface area contributed by atoms with Crippen molar-refractivity contribution in [2.75, 3.05) is 6.54 Å². The van der Waals surface area contributed by atoms with E-state index < -0.39 is 0 Å². The van der Waals surface area contributed by atoms with Crippen LogP contribution in [0, 0.1) is 0 Å². The van der Waals surface area contributed by atoms with Gasteiger partial charge in [-0.1, -0.05) is 31.5 Å². The first-order valence-electron chi connectivity index (χ1n) is 7.22. The molecule has 1 aromatic heterocycles. The van der Waals surface area contributed by atoms with Gasteiger partial charge in [0.2, 0.25) is 11.8 Å². The summed E-state index contributed by atoms with van der Waals surface area (Å²) in [6.45, 7) is 2.68. The van der Waals surface area contributed by atoms with Crippen LogP contribution in [0.5, 0.6) is 0 Å². The van der Waals surface area contributed by atoms with E-state index in [1.54, 1.807) is 16.2 Å². The molecule has 4 nitrogen and oxygen atoms in total. The van der Waals surface area contributed by atoms with E-state index in [9.17, 15) is 9.59 Å². The zero-order chi connectivity index (χ0) is 14.8. The number of rotatable bonds is 4. The fourth-order valence-corrected chi connectivity index (χ4v) is 3.71. The number of hydrogen-bond acceptors (Lipinski definition) is 3. The first kappa shape index (κ1) is 14.1. The summed E-state index contributed by atoms with van der Waals surface area (Å²) in [4.78, 5) is 25.9. The van der Waals surface area contributed by atoms with E-state index >= 15 is 0 Å². The third-order valence-corrected chi connectivity index (χ3v) is 4.79. The molecule has 5 heteroatoms. The van der Waals surface area contributed by atoms with Crippen molar-refractivity contribution < 1.29 is 9.59 Å². The predicted molar refractivity (Wildman–Crippen MR) is 84.1 cm³/mol. The monoisotopic (exact) mass is 302 g/mol. The van der Waals surface area contributed by atoms with Gasteiger partial charge < -0.3 is 10.2 Å². The van der Waals surface area contributed by atoms with Crippen LogP contribution in [0.3, 0.4) is 0 Å². The van der Waals surface area contributed by atoms with Gasteiger partial charge in [-0.15, -0.1) is 11.3 Å². The lowest BCUT2D eigenvalue weighted by molar-refractivity contribution is -0.145. The van der Waals surface area contributed by atoms with Crippen molar-refractivity contribution in [2.45, 2.75) is 32.4 Å². The third kappa shape index (κ3) is 2.78. The van der Waals surface area contributed by atoms with Gasteiger partial charge in [0.15, 0.2) is 0 Å². The van der Waals surface area contributed by atoms with Crippen LogP contribution >= 0.6 is 11.3 Å². The average Bonchev–Trinajstić information content (AvgIpc) is 2.88. The molecule has 0 spiro atoms. The normalized spacial score (nSPS) is 19.1. The number of thiophene rings is 1. The molecular weight excluding hydrogens is 284 g/mol. The molecule has 0 radical (unpaired) electrons. The maximum Gasteiger partial charge on any atom is 0.245 e. The van der Waals surface area contributed by atoms with Crippen molar-refractivity contribution in [3.8, 4) is 0 Å². The summed E-state index contributed by atoms with van der Waals surface area (Å²) < 4.78 is 1.21. The molecule has 2 amide bonds. The Morgan fingerprint density at radius 3 is 2.95 bits per heavy atom. The SMILES string of the molecule is CCCC1NC(=O)CN(Cc2csc3ccccc23)C1=O. The molecule has 1 fully saturated rings. The molecule has 1 saturated heterocycles. The molecule has 1 atom stereocenters. The highest BCUT2D eigenvalue weighted by molar-refractivity contribution is 7.17. The van der Waals surface area contributed by atoms with Crippen LogP contribution in [-0.4, -0.2) is 29.3 Å². The maximum absolute atomic E-state index is 12.4. The molecular formula is C16H18N2O2S. The Bertz CT molecular complexity index is 680. The quantitative estimate of drug-likeness (QED) is 0.943.